The molecule has 38 heavy (non-hydrogen) atoms. The molecule has 10 nitrogen and oxygen atoms in total. The molecule has 0 radical (unpaired) electrons. The minimum absolute atomic E-state index is 0.192. The number of carbonyl (C=O) groups is 1. The van der Waals surface area contributed by atoms with Gasteiger partial charge in [-0.3, -0.25) is 19.1 Å². The van der Waals surface area contributed by atoms with Gasteiger partial charge in [0.1, 0.15) is 22.9 Å². The number of carbonyl (C=O) groups excluding carboxylic acids is 1. The van der Waals surface area contributed by atoms with Gasteiger partial charge in [0.05, 0.1) is 12.5 Å². The first-order chi connectivity index (χ1) is 18.4. The van der Waals surface area contributed by atoms with Crippen molar-refractivity contribution in [2.24, 2.45) is 0 Å². The van der Waals surface area contributed by atoms with Crippen LogP contribution in [0.15, 0.2) is 70.6 Å². The average molecular weight is 516 g/mol. The fourth-order valence-electron chi connectivity index (χ4n) is 4.38. The lowest BCUT2D eigenvalue weighted by Crippen LogP contribution is -2.30. The van der Waals surface area contributed by atoms with Gasteiger partial charge in [-0.15, -0.1) is 0 Å². The molecule has 0 aliphatic heterocycles. The van der Waals surface area contributed by atoms with E-state index < -0.39 is 17.2 Å². The Balaban J connectivity index is 1.54. The summed E-state index contributed by atoms with van der Waals surface area (Å²) in [4.78, 5) is 54.2. The predicted octanol–water partition coefficient (Wildman–Crippen LogP) is 3.70. The molecule has 3 heterocycles. The largest absolute Gasteiger partial charge is 0.341 e. The molecular weight excluding hydrogens is 489 g/mol. The molecule has 11 heteroatoms. The second kappa shape index (κ2) is 10.7. The molecule has 1 amide bonds. The van der Waals surface area contributed by atoms with Crippen molar-refractivity contribution >= 4 is 22.8 Å². The van der Waals surface area contributed by atoms with Crippen LogP contribution in [0.2, 0.25) is 0 Å². The third-order valence-electron chi connectivity index (χ3n) is 6.41. The van der Waals surface area contributed by atoms with Crippen LogP contribution in [0.4, 0.5) is 10.1 Å². The number of imidazole rings is 2. The topological polar surface area (TPSA) is 141 Å². The number of rotatable bonds is 9. The number of benzene rings is 2. The van der Waals surface area contributed by atoms with Gasteiger partial charge in [-0.05, 0) is 42.2 Å². The molecule has 0 spiro atoms. The zero-order valence-corrected chi connectivity index (χ0v) is 20.6. The standard InChI is InChI=1S/C27H26FN7O3/c1-2-3-12-35-24-22(26(37)34-27(35)38)32-23(33-24)19(13-17-6-4-5-7-20(17)28)16-8-10-18(11-9-16)31-25(36)21-14-29-15-30-21/h4-11,14-15,19H,2-3,12-13H2,1H3,(H,29,30)(H,31,36)(H,32,33)(H,34,37,38). The minimum Gasteiger partial charge on any atom is -0.341 e. The summed E-state index contributed by atoms with van der Waals surface area (Å²) in [5.41, 5.74) is 1.54. The molecule has 0 saturated carbocycles. The molecule has 5 aromatic rings. The Morgan fingerprint density at radius 2 is 1.89 bits per heavy atom. The number of anilines is 1. The number of H-pyrrole nitrogens is 3. The lowest BCUT2D eigenvalue weighted by Gasteiger charge is -2.16. The number of nitrogens with zero attached hydrogens (tertiary/aromatic N) is 3. The highest BCUT2D eigenvalue weighted by Crippen LogP contribution is 2.29. The summed E-state index contributed by atoms with van der Waals surface area (Å²) in [5, 5.41) is 2.79. The molecule has 5 rings (SSSR count). The van der Waals surface area contributed by atoms with Crippen LogP contribution in [0, 0.1) is 5.82 Å². The third-order valence-corrected chi connectivity index (χ3v) is 6.41. The maximum absolute atomic E-state index is 14.7. The predicted molar refractivity (Wildman–Crippen MR) is 141 cm³/mol. The number of unbranched alkanes of at least 4 members (excludes halogenated alkanes) is 1. The first-order valence-electron chi connectivity index (χ1n) is 12.3. The van der Waals surface area contributed by atoms with Gasteiger partial charge in [0.2, 0.25) is 0 Å². The molecule has 0 aliphatic carbocycles. The number of halogens is 1. The van der Waals surface area contributed by atoms with Crippen LogP contribution in [0.1, 0.15) is 53.1 Å². The van der Waals surface area contributed by atoms with Crippen LogP contribution in [-0.2, 0) is 13.0 Å². The molecule has 4 N–H and O–H groups in total. The smallest absolute Gasteiger partial charge is 0.330 e. The Morgan fingerprint density at radius 1 is 1.11 bits per heavy atom. The molecule has 0 saturated heterocycles. The van der Waals surface area contributed by atoms with E-state index in [1.165, 1.54) is 23.2 Å². The Morgan fingerprint density at radius 3 is 2.61 bits per heavy atom. The van der Waals surface area contributed by atoms with E-state index in [1.54, 1.807) is 30.3 Å². The van der Waals surface area contributed by atoms with Crippen LogP contribution >= 0.6 is 0 Å². The third kappa shape index (κ3) is 5.03. The first-order valence-corrected chi connectivity index (χ1v) is 12.3. The average Bonchev–Trinajstić information content (AvgIpc) is 3.60. The molecule has 0 fully saturated rings. The SMILES string of the molecule is CCCCn1c(=O)[nH]c(=O)c2[nH]c(C(Cc3ccccc3F)c3ccc(NC(=O)c4cnc[nH]4)cc3)nc21. The molecule has 1 atom stereocenters. The maximum atomic E-state index is 14.7. The van der Waals surface area contributed by atoms with Gasteiger partial charge in [-0.25, -0.2) is 19.2 Å². The van der Waals surface area contributed by atoms with Gasteiger partial charge in [-0.2, -0.15) is 0 Å². The van der Waals surface area contributed by atoms with E-state index in [1.807, 2.05) is 19.1 Å². The van der Waals surface area contributed by atoms with E-state index in [-0.39, 0.29) is 29.3 Å². The second-order valence-electron chi connectivity index (χ2n) is 8.97. The van der Waals surface area contributed by atoms with E-state index in [0.717, 1.165) is 18.4 Å². The van der Waals surface area contributed by atoms with Crippen molar-refractivity contribution < 1.29 is 9.18 Å². The number of hydrogen-bond donors (Lipinski definition) is 4. The summed E-state index contributed by atoms with van der Waals surface area (Å²) >= 11 is 0. The highest BCUT2D eigenvalue weighted by atomic mass is 19.1. The van der Waals surface area contributed by atoms with Gasteiger partial charge in [0.25, 0.3) is 11.5 Å². The van der Waals surface area contributed by atoms with E-state index in [2.05, 4.69) is 30.2 Å². The lowest BCUT2D eigenvalue weighted by molar-refractivity contribution is 0.102. The Labute approximate surface area is 216 Å². The zero-order valence-electron chi connectivity index (χ0n) is 20.6. The van der Waals surface area contributed by atoms with Crippen LogP contribution < -0.4 is 16.6 Å². The van der Waals surface area contributed by atoms with Gasteiger partial charge < -0.3 is 15.3 Å². The van der Waals surface area contributed by atoms with Crippen molar-refractivity contribution in [3.63, 3.8) is 0 Å². The normalized spacial score (nSPS) is 12.1. The highest BCUT2D eigenvalue weighted by Gasteiger charge is 2.23. The summed E-state index contributed by atoms with van der Waals surface area (Å²) in [6.45, 7) is 2.42. The summed E-state index contributed by atoms with van der Waals surface area (Å²) < 4.78 is 16.1. The molecule has 0 bridgehead atoms. The molecule has 1 unspecified atom stereocenters. The number of aromatic nitrogens is 6. The minimum atomic E-state index is -0.557. The number of hydrogen-bond acceptors (Lipinski definition) is 5. The summed E-state index contributed by atoms with van der Waals surface area (Å²) in [7, 11) is 0. The number of amides is 1. The lowest BCUT2D eigenvalue weighted by atomic mass is 9.91. The van der Waals surface area contributed by atoms with Crippen molar-refractivity contribution in [2.75, 3.05) is 5.32 Å². The van der Waals surface area contributed by atoms with Gasteiger partial charge in [0.15, 0.2) is 5.65 Å². The molecule has 3 aromatic heterocycles. The van der Waals surface area contributed by atoms with E-state index in [4.69, 9.17) is 0 Å². The van der Waals surface area contributed by atoms with E-state index in [9.17, 15) is 18.8 Å². The van der Waals surface area contributed by atoms with Crippen molar-refractivity contribution in [1.82, 2.24) is 29.5 Å². The number of aromatic amines is 3. The van der Waals surface area contributed by atoms with Crippen LogP contribution in [0.25, 0.3) is 11.2 Å². The van der Waals surface area contributed by atoms with Crippen molar-refractivity contribution in [3.8, 4) is 0 Å². The van der Waals surface area contributed by atoms with E-state index >= 15 is 0 Å². The summed E-state index contributed by atoms with van der Waals surface area (Å²) in [5.74, 6) is -0.723. The van der Waals surface area contributed by atoms with Crippen molar-refractivity contribution in [1.29, 1.82) is 0 Å². The number of fused-ring (bicyclic) bond motifs is 1. The number of aryl methyl sites for hydroxylation is 1. The van der Waals surface area contributed by atoms with Gasteiger partial charge in [-0.1, -0.05) is 43.7 Å². The first kappa shape index (κ1) is 24.9. The quantitative estimate of drug-likeness (QED) is 0.237. The monoisotopic (exact) mass is 515 g/mol. The molecule has 194 valence electrons. The Bertz CT molecular complexity index is 1680. The van der Waals surface area contributed by atoms with Gasteiger partial charge >= 0.3 is 5.69 Å². The zero-order chi connectivity index (χ0) is 26.6. The van der Waals surface area contributed by atoms with Crippen LogP contribution in [-0.4, -0.2) is 35.4 Å². The van der Waals surface area contributed by atoms with E-state index in [0.29, 0.717) is 29.3 Å². The fraction of sp³-hybridized carbons (Fsp3) is 0.222. The summed E-state index contributed by atoms with van der Waals surface area (Å²) in [6, 6.07) is 13.6. The fourth-order valence-corrected chi connectivity index (χ4v) is 4.38. The van der Waals surface area contributed by atoms with Crippen LogP contribution in [0.3, 0.4) is 0 Å². The Hall–Kier alpha value is -4.80. The molecule has 0 aliphatic rings. The van der Waals surface area contributed by atoms with Crippen molar-refractivity contribution in [3.05, 3.63) is 110 Å². The number of nitrogens with one attached hydrogen (secondary N) is 4. The highest BCUT2D eigenvalue weighted by molar-refractivity contribution is 6.02. The second-order valence-corrected chi connectivity index (χ2v) is 8.97. The van der Waals surface area contributed by atoms with Gasteiger partial charge in [0, 0.05) is 18.2 Å². The summed E-state index contributed by atoms with van der Waals surface area (Å²) in [6.07, 6.45) is 4.71. The molecular formula is C27H26FN7O3. The maximum Gasteiger partial charge on any atom is 0.330 e. The Kier molecular flexibility index (Phi) is 6.98. The molecule has 2 aromatic carbocycles. The van der Waals surface area contributed by atoms with Crippen LogP contribution in [0.5, 0.6) is 0 Å². The van der Waals surface area contributed by atoms with Crippen molar-refractivity contribution in [2.45, 2.75) is 38.6 Å².